The van der Waals surface area contributed by atoms with Gasteiger partial charge >= 0.3 is 0 Å². The fourth-order valence-corrected chi connectivity index (χ4v) is 1.49. The largest absolute Gasteiger partial charge is 0.315 e. The van der Waals surface area contributed by atoms with Crippen LogP contribution >= 0.6 is 11.5 Å². The zero-order valence-corrected chi connectivity index (χ0v) is 8.18. The fourth-order valence-electron chi connectivity index (χ4n) is 0.907. The molecule has 0 radical (unpaired) electrons. The fraction of sp³-hybridized carbons (Fsp3) is 0.125. The van der Waals surface area contributed by atoms with Crippen LogP contribution in [0.1, 0.15) is 5.82 Å². The summed E-state index contributed by atoms with van der Waals surface area (Å²) in [4.78, 5) is 7.93. The van der Waals surface area contributed by atoms with E-state index < -0.39 is 0 Å². The third kappa shape index (κ3) is 2.02. The molecule has 0 amide bonds. The highest BCUT2D eigenvalue weighted by molar-refractivity contribution is 7.09. The number of pyridine rings is 1. The Kier molecular flexibility index (Phi) is 2.36. The molecule has 2 aromatic rings. The maximum atomic E-state index is 12.5. The zero-order valence-electron chi connectivity index (χ0n) is 7.36. The number of aryl methyl sites for hydroxylation is 1. The molecular formula is C8H7FN4S. The number of aromatic nitrogens is 3. The molecule has 2 heterocycles. The van der Waals surface area contributed by atoms with Gasteiger partial charge in [0.15, 0.2) is 0 Å². The number of rotatable bonds is 2. The molecule has 2 aromatic heterocycles. The van der Waals surface area contributed by atoms with Crippen molar-refractivity contribution < 1.29 is 4.39 Å². The van der Waals surface area contributed by atoms with Crippen molar-refractivity contribution in [2.24, 2.45) is 0 Å². The Bertz CT molecular complexity index is 425. The molecule has 4 nitrogen and oxygen atoms in total. The first-order chi connectivity index (χ1) is 6.74. The van der Waals surface area contributed by atoms with Crippen LogP contribution in [0.15, 0.2) is 18.3 Å². The van der Waals surface area contributed by atoms with E-state index in [2.05, 4.69) is 19.7 Å². The number of anilines is 2. The minimum atomic E-state index is -0.357. The van der Waals surface area contributed by atoms with Gasteiger partial charge in [-0.15, -0.1) is 0 Å². The van der Waals surface area contributed by atoms with E-state index in [9.17, 15) is 4.39 Å². The number of nitrogens with one attached hydrogen (secondary N) is 1. The van der Waals surface area contributed by atoms with Crippen LogP contribution in [0.5, 0.6) is 0 Å². The van der Waals surface area contributed by atoms with Gasteiger partial charge < -0.3 is 5.32 Å². The van der Waals surface area contributed by atoms with E-state index in [0.29, 0.717) is 16.8 Å². The summed E-state index contributed by atoms with van der Waals surface area (Å²) >= 11 is 1.24. The Morgan fingerprint density at radius 3 is 2.86 bits per heavy atom. The molecular weight excluding hydrogens is 203 g/mol. The smallest absolute Gasteiger partial charge is 0.208 e. The highest BCUT2D eigenvalue weighted by atomic mass is 32.1. The van der Waals surface area contributed by atoms with Crippen LogP contribution in [0, 0.1) is 12.7 Å². The third-order valence-electron chi connectivity index (χ3n) is 1.49. The van der Waals surface area contributed by atoms with E-state index >= 15 is 0 Å². The Morgan fingerprint density at radius 1 is 1.43 bits per heavy atom. The summed E-state index contributed by atoms with van der Waals surface area (Å²) in [6, 6.07) is 2.88. The van der Waals surface area contributed by atoms with Gasteiger partial charge in [0.2, 0.25) is 5.13 Å². The summed E-state index contributed by atoms with van der Waals surface area (Å²) < 4.78 is 16.5. The molecule has 0 unspecified atom stereocenters. The van der Waals surface area contributed by atoms with Gasteiger partial charge in [-0.05, 0) is 19.1 Å². The molecule has 72 valence electrons. The number of nitrogens with zero attached hydrogens (tertiary/aromatic N) is 3. The summed E-state index contributed by atoms with van der Waals surface area (Å²) in [7, 11) is 0. The van der Waals surface area contributed by atoms with Crippen LogP contribution in [-0.4, -0.2) is 14.3 Å². The zero-order chi connectivity index (χ0) is 9.97. The van der Waals surface area contributed by atoms with E-state index in [-0.39, 0.29) is 5.82 Å². The quantitative estimate of drug-likeness (QED) is 0.824. The second kappa shape index (κ2) is 3.67. The Labute approximate surface area is 84.0 Å². The van der Waals surface area contributed by atoms with Gasteiger partial charge in [0.1, 0.15) is 17.5 Å². The van der Waals surface area contributed by atoms with Crippen LogP contribution in [0.4, 0.5) is 15.3 Å². The van der Waals surface area contributed by atoms with Crippen molar-refractivity contribution in [3.05, 3.63) is 30.0 Å². The standard InChI is InChI=1S/C8H7FN4S/c1-5-11-8(14-13-5)12-7-3-2-6(9)4-10-7/h2-4H,1H3,(H,10,11,12,13). The maximum absolute atomic E-state index is 12.5. The monoisotopic (exact) mass is 210 g/mol. The second-order valence-corrected chi connectivity index (χ2v) is 3.39. The van der Waals surface area contributed by atoms with E-state index in [0.717, 1.165) is 6.20 Å². The molecule has 0 aliphatic rings. The summed E-state index contributed by atoms with van der Waals surface area (Å²) in [6.45, 7) is 1.81. The molecule has 1 N–H and O–H groups in total. The molecule has 0 bridgehead atoms. The molecule has 0 aliphatic heterocycles. The highest BCUT2D eigenvalue weighted by Gasteiger charge is 2.00. The molecule has 0 aliphatic carbocycles. The third-order valence-corrected chi connectivity index (χ3v) is 2.21. The number of hydrogen-bond donors (Lipinski definition) is 1. The second-order valence-electron chi connectivity index (χ2n) is 2.63. The van der Waals surface area contributed by atoms with E-state index in [1.807, 2.05) is 0 Å². The van der Waals surface area contributed by atoms with Crippen molar-refractivity contribution in [1.29, 1.82) is 0 Å². The van der Waals surface area contributed by atoms with Crippen molar-refractivity contribution >= 4 is 22.5 Å². The Hall–Kier alpha value is -1.56. The Balaban J connectivity index is 2.15. The first-order valence-corrected chi connectivity index (χ1v) is 4.70. The van der Waals surface area contributed by atoms with E-state index in [1.165, 1.54) is 17.6 Å². The van der Waals surface area contributed by atoms with Crippen molar-refractivity contribution in [3.8, 4) is 0 Å². The van der Waals surface area contributed by atoms with Gasteiger partial charge in [0.05, 0.1) is 6.20 Å². The predicted molar refractivity (Wildman–Crippen MR) is 52.1 cm³/mol. The molecule has 0 fully saturated rings. The first kappa shape index (κ1) is 9.01. The predicted octanol–water partition coefficient (Wildman–Crippen LogP) is 2.12. The first-order valence-electron chi connectivity index (χ1n) is 3.93. The summed E-state index contributed by atoms with van der Waals surface area (Å²) in [5.41, 5.74) is 0. The van der Waals surface area contributed by atoms with Crippen LogP contribution in [0.25, 0.3) is 0 Å². The van der Waals surface area contributed by atoms with Crippen molar-refractivity contribution in [2.75, 3.05) is 5.32 Å². The summed E-state index contributed by atoms with van der Waals surface area (Å²) in [6.07, 6.45) is 1.15. The molecule has 14 heavy (non-hydrogen) atoms. The molecule has 0 saturated heterocycles. The van der Waals surface area contributed by atoms with Gasteiger partial charge in [-0.2, -0.15) is 4.37 Å². The number of hydrogen-bond acceptors (Lipinski definition) is 5. The van der Waals surface area contributed by atoms with Crippen LogP contribution in [0.2, 0.25) is 0 Å². The lowest BCUT2D eigenvalue weighted by atomic mass is 10.4. The topological polar surface area (TPSA) is 50.7 Å². The normalized spacial score (nSPS) is 10.1. The maximum Gasteiger partial charge on any atom is 0.208 e. The lowest BCUT2D eigenvalue weighted by Gasteiger charge is -1.98. The van der Waals surface area contributed by atoms with Crippen molar-refractivity contribution in [2.45, 2.75) is 6.92 Å². The average Bonchev–Trinajstić information content (AvgIpc) is 2.56. The lowest BCUT2D eigenvalue weighted by molar-refractivity contribution is 0.622. The molecule has 0 saturated carbocycles. The van der Waals surface area contributed by atoms with Gasteiger partial charge in [-0.25, -0.2) is 14.4 Å². The summed E-state index contributed by atoms with van der Waals surface area (Å²) in [5, 5.41) is 3.57. The Morgan fingerprint density at radius 2 is 2.29 bits per heavy atom. The highest BCUT2D eigenvalue weighted by Crippen LogP contribution is 2.15. The van der Waals surface area contributed by atoms with Crippen LogP contribution in [-0.2, 0) is 0 Å². The van der Waals surface area contributed by atoms with Gasteiger partial charge in [0.25, 0.3) is 0 Å². The van der Waals surface area contributed by atoms with Crippen LogP contribution in [0.3, 0.4) is 0 Å². The minimum Gasteiger partial charge on any atom is -0.315 e. The molecule has 6 heteroatoms. The minimum absolute atomic E-state index is 0.357. The summed E-state index contributed by atoms with van der Waals surface area (Å²) in [5.74, 6) is 0.908. The average molecular weight is 210 g/mol. The molecule has 0 aromatic carbocycles. The van der Waals surface area contributed by atoms with Crippen molar-refractivity contribution in [3.63, 3.8) is 0 Å². The SMILES string of the molecule is Cc1nsc(Nc2ccc(F)cn2)n1. The van der Waals surface area contributed by atoms with Gasteiger partial charge in [-0.3, -0.25) is 0 Å². The molecule has 0 atom stereocenters. The van der Waals surface area contributed by atoms with Crippen molar-refractivity contribution in [1.82, 2.24) is 14.3 Å². The van der Waals surface area contributed by atoms with E-state index in [1.54, 1.807) is 13.0 Å². The van der Waals surface area contributed by atoms with E-state index in [4.69, 9.17) is 0 Å². The number of halogens is 1. The molecule has 0 spiro atoms. The lowest BCUT2D eigenvalue weighted by Crippen LogP contribution is -1.92. The van der Waals surface area contributed by atoms with Crippen LogP contribution < -0.4 is 5.32 Å². The van der Waals surface area contributed by atoms with Gasteiger partial charge in [0, 0.05) is 11.5 Å². The molecule has 2 rings (SSSR count). The van der Waals surface area contributed by atoms with Gasteiger partial charge in [-0.1, -0.05) is 0 Å².